The van der Waals surface area contributed by atoms with Crippen molar-refractivity contribution in [3.05, 3.63) is 24.3 Å². The van der Waals surface area contributed by atoms with Crippen LogP contribution >= 0.6 is 7.82 Å². The van der Waals surface area contributed by atoms with Crippen LogP contribution in [0, 0.1) is 0 Å². The highest BCUT2D eigenvalue weighted by Crippen LogP contribution is 2.43. The van der Waals surface area contributed by atoms with Gasteiger partial charge in [-0.05, 0) is 44.9 Å². The lowest BCUT2D eigenvalue weighted by Gasteiger charge is -2.20. The number of carbonyl (C=O) groups excluding carboxylic acids is 2. The lowest BCUT2D eigenvalue weighted by molar-refractivity contribution is -0.161. The molecule has 1 unspecified atom stereocenters. The van der Waals surface area contributed by atoms with Gasteiger partial charge in [0.2, 0.25) is 0 Å². The number of phosphoric ester groups is 1. The van der Waals surface area contributed by atoms with E-state index in [4.69, 9.17) is 23.6 Å². The molecule has 342 valence electrons. The summed E-state index contributed by atoms with van der Waals surface area (Å²) in [7, 11) is -4.62. The van der Waals surface area contributed by atoms with E-state index in [1.165, 1.54) is 122 Å². The largest absolute Gasteiger partial charge is 0.472 e. The van der Waals surface area contributed by atoms with Crippen LogP contribution in [0.4, 0.5) is 0 Å². The number of esters is 2. The minimum absolute atomic E-state index is 0.171. The third kappa shape index (κ3) is 42.6. The molecule has 0 aromatic heterocycles. The highest BCUT2D eigenvalue weighted by molar-refractivity contribution is 7.47. The molecular weight excluding hydrogens is 755 g/mol. The first kappa shape index (κ1) is 56.5. The van der Waals surface area contributed by atoms with Crippen LogP contribution in [0.5, 0.6) is 0 Å². The van der Waals surface area contributed by atoms with Crippen molar-refractivity contribution in [2.45, 2.75) is 238 Å². The van der Waals surface area contributed by atoms with Gasteiger partial charge in [0.15, 0.2) is 6.10 Å². The van der Waals surface area contributed by atoms with E-state index in [-0.39, 0.29) is 19.4 Å². The Hall–Kier alpha value is -1.55. The Labute approximate surface area is 355 Å². The normalized spacial score (nSPS) is 13.9. The summed E-state index contributed by atoms with van der Waals surface area (Å²) in [4.78, 5) is 35.1. The van der Waals surface area contributed by atoms with E-state index < -0.39 is 51.8 Å². The fourth-order valence-electron chi connectivity index (χ4n) is 6.67. The van der Waals surface area contributed by atoms with Gasteiger partial charge in [-0.3, -0.25) is 18.6 Å². The predicted octanol–water partition coefficient (Wildman–Crippen LogP) is 13.0. The molecule has 0 aromatic carbocycles. The minimum Gasteiger partial charge on any atom is -0.462 e. The molecule has 0 radical (unpaired) electrons. The molecule has 0 aliphatic carbocycles. The average molecular weight is 845 g/mol. The highest BCUT2D eigenvalue weighted by Gasteiger charge is 2.27. The number of hydrogen-bond acceptors (Lipinski definition) is 9. The smallest absolute Gasteiger partial charge is 0.462 e. The van der Waals surface area contributed by atoms with Crippen molar-refractivity contribution < 1.29 is 47.8 Å². The van der Waals surface area contributed by atoms with E-state index in [0.29, 0.717) is 12.8 Å². The first-order valence-corrected chi connectivity index (χ1v) is 25.3. The zero-order valence-corrected chi connectivity index (χ0v) is 38.2. The quantitative estimate of drug-likeness (QED) is 0.0234. The molecule has 0 fully saturated rings. The van der Waals surface area contributed by atoms with Gasteiger partial charge in [0.1, 0.15) is 12.7 Å². The molecule has 0 rings (SSSR count). The Morgan fingerprint density at radius 3 is 1.36 bits per heavy atom. The summed E-state index contributed by atoms with van der Waals surface area (Å²) in [6, 6.07) is 0. The SMILES string of the molecule is CCCCC/C=C/C/C=C/CCCCCCCC(=O)O[C@H](COC(=O)CCCCCCCCCCCCCCCCCCCCCC)COP(=O)(O)OC[C@H](O)CO. The van der Waals surface area contributed by atoms with Gasteiger partial charge in [0, 0.05) is 12.8 Å². The molecular formula is C47H89O10P. The van der Waals surface area contributed by atoms with E-state index in [0.717, 1.165) is 64.2 Å². The Kier molecular flexibility index (Phi) is 42.4. The molecule has 0 aromatic rings. The number of carbonyl (C=O) groups is 2. The van der Waals surface area contributed by atoms with Crippen LogP contribution in [0.2, 0.25) is 0 Å². The van der Waals surface area contributed by atoms with Crippen LogP contribution in [0.1, 0.15) is 226 Å². The molecule has 0 bridgehead atoms. The number of aliphatic hydroxyl groups is 2. The van der Waals surface area contributed by atoms with Crippen molar-refractivity contribution in [2.75, 3.05) is 26.4 Å². The third-order valence-electron chi connectivity index (χ3n) is 10.4. The molecule has 0 spiro atoms. The van der Waals surface area contributed by atoms with E-state index in [2.05, 4.69) is 38.2 Å². The molecule has 3 atom stereocenters. The first-order valence-electron chi connectivity index (χ1n) is 23.8. The topological polar surface area (TPSA) is 149 Å². The maximum absolute atomic E-state index is 12.6. The maximum atomic E-state index is 12.6. The predicted molar refractivity (Wildman–Crippen MR) is 238 cm³/mol. The standard InChI is InChI=1S/C47H89O10P/c1-3-5-7-9-11-13-15-17-19-20-21-22-23-25-26-28-30-32-34-36-38-46(50)54-42-45(43-56-58(52,53)55-41-44(49)40-48)57-47(51)39-37-35-33-31-29-27-24-18-16-14-12-10-8-6-4-2/h12,14,18,24,44-45,48-49H,3-11,13,15-17,19-23,25-43H2,1-2H3,(H,52,53)/b14-12+,24-18+/t44-,45-/m1/s1. The van der Waals surface area contributed by atoms with Crippen molar-refractivity contribution in [3.8, 4) is 0 Å². The number of unbranched alkanes of at least 4 members (excludes halogenated alkanes) is 27. The maximum Gasteiger partial charge on any atom is 0.472 e. The summed E-state index contributed by atoms with van der Waals surface area (Å²) in [5, 5.41) is 18.4. The van der Waals surface area contributed by atoms with Crippen LogP contribution < -0.4 is 0 Å². The molecule has 0 aliphatic heterocycles. The van der Waals surface area contributed by atoms with Crippen LogP contribution in [0.25, 0.3) is 0 Å². The number of hydrogen-bond donors (Lipinski definition) is 3. The number of rotatable bonds is 45. The number of phosphoric acid groups is 1. The van der Waals surface area contributed by atoms with Crippen molar-refractivity contribution in [1.82, 2.24) is 0 Å². The van der Waals surface area contributed by atoms with Crippen LogP contribution in [-0.2, 0) is 32.7 Å². The van der Waals surface area contributed by atoms with Gasteiger partial charge < -0.3 is 24.6 Å². The van der Waals surface area contributed by atoms with E-state index >= 15 is 0 Å². The fourth-order valence-corrected chi connectivity index (χ4v) is 7.46. The minimum atomic E-state index is -4.62. The molecule has 0 aliphatic rings. The number of aliphatic hydroxyl groups excluding tert-OH is 2. The van der Waals surface area contributed by atoms with Crippen molar-refractivity contribution in [3.63, 3.8) is 0 Å². The molecule has 10 nitrogen and oxygen atoms in total. The second-order valence-electron chi connectivity index (χ2n) is 16.1. The van der Waals surface area contributed by atoms with Gasteiger partial charge in [0.25, 0.3) is 0 Å². The second kappa shape index (κ2) is 43.5. The van der Waals surface area contributed by atoms with Crippen LogP contribution in [0.15, 0.2) is 24.3 Å². The van der Waals surface area contributed by atoms with Gasteiger partial charge in [-0.2, -0.15) is 0 Å². The average Bonchev–Trinajstić information content (AvgIpc) is 3.21. The second-order valence-corrected chi connectivity index (χ2v) is 17.6. The third-order valence-corrected chi connectivity index (χ3v) is 11.3. The van der Waals surface area contributed by atoms with Crippen molar-refractivity contribution in [1.29, 1.82) is 0 Å². The summed E-state index contributed by atoms with van der Waals surface area (Å²) in [6.45, 7) is 2.37. The summed E-state index contributed by atoms with van der Waals surface area (Å²) < 4.78 is 32.8. The summed E-state index contributed by atoms with van der Waals surface area (Å²) in [5.41, 5.74) is 0. The van der Waals surface area contributed by atoms with Crippen LogP contribution in [-0.4, -0.2) is 65.7 Å². The highest BCUT2D eigenvalue weighted by atomic mass is 31.2. The Balaban J connectivity index is 4.20. The van der Waals surface area contributed by atoms with Crippen molar-refractivity contribution >= 4 is 19.8 Å². The lowest BCUT2D eigenvalue weighted by Crippen LogP contribution is -2.29. The Bertz CT molecular complexity index is 1020. The van der Waals surface area contributed by atoms with E-state index in [9.17, 15) is 24.2 Å². The number of ether oxygens (including phenoxy) is 2. The van der Waals surface area contributed by atoms with Gasteiger partial charge >= 0.3 is 19.8 Å². The molecule has 0 heterocycles. The lowest BCUT2D eigenvalue weighted by atomic mass is 10.0. The Morgan fingerprint density at radius 2 is 0.897 bits per heavy atom. The molecule has 0 saturated heterocycles. The van der Waals surface area contributed by atoms with E-state index in [1.54, 1.807) is 0 Å². The molecule has 0 saturated carbocycles. The summed E-state index contributed by atoms with van der Waals surface area (Å²) in [5.74, 6) is -0.930. The van der Waals surface area contributed by atoms with Gasteiger partial charge in [-0.25, -0.2) is 4.57 Å². The monoisotopic (exact) mass is 845 g/mol. The summed E-state index contributed by atoms with van der Waals surface area (Å²) in [6.07, 6.45) is 44.3. The van der Waals surface area contributed by atoms with Crippen LogP contribution in [0.3, 0.4) is 0 Å². The van der Waals surface area contributed by atoms with Crippen molar-refractivity contribution in [2.24, 2.45) is 0 Å². The van der Waals surface area contributed by atoms with Gasteiger partial charge in [0.05, 0.1) is 19.8 Å². The number of allylic oxidation sites excluding steroid dienone is 4. The Morgan fingerprint density at radius 1 is 0.517 bits per heavy atom. The molecule has 58 heavy (non-hydrogen) atoms. The van der Waals surface area contributed by atoms with E-state index in [1.807, 2.05) is 0 Å². The summed E-state index contributed by atoms with van der Waals surface area (Å²) >= 11 is 0. The van der Waals surface area contributed by atoms with Gasteiger partial charge in [-0.15, -0.1) is 0 Å². The zero-order valence-electron chi connectivity index (χ0n) is 37.3. The molecule has 3 N–H and O–H groups in total. The zero-order chi connectivity index (χ0) is 42.6. The van der Waals surface area contributed by atoms with Gasteiger partial charge in [-0.1, -0.05) is 192 Å². The molecule has 11 heteroatoms. The first-order chi connectivity index (χ1) is 28.2. The molecule has 0 amide bonds. The fraction of sp³-hybridized carbons (Fsp3) is 0.872.